The van der Waals surface area contributed by atoms with Gasteiger partial charge >= 0.3 is 11.9 Å². The molecule has 0 aliphatic rings. The third-order valence-electron chi connectivity index (χ3n) is 6.20. The van der Waals surface area contributed by atoms with Crippen LogP contribution in [-0.2, 0) is 30.8 Å². The Morgan fingerprint density at radius 3 is 1.31 bits per heavy atom. The molecule has 0 amide bonds. The van der Waals surface area contributed by atoms with Gasteiger partial charge in [-0.15, -0.1) is 23.2 Å². The predicted molar refractivity (Wildman–Crippen MR) is 169 cm³/mol. The summed E-state index contributed by atoms with van der Waals surface area (Å²) in [5, 5.41) is 3.55. The van der Waals surface area contributed by atoms with E-state index >= 15 is 0 Å². The zero-order chi connectivity index (χ0) is 30.7. The Morgan fingerprint density at radius 1 is 0.619 bits per heavy atom. The fourth-order valence-electron chi connectivity index (χ4n) is 4.80. The number of alkyl halides is 2. The number of benzene rings is 4. The summed E-state index contributed by atoms with van der Waals surface area (Å²) in [7, 11) is 0. The third kappa shape index (κ3) is 7.47. The molecule has 0 unspecified atom stereocenters. The van der Waals surface area contributed by atoms with Gasteiger partial charge in [0.25, 0.3) is 0 Å². The van der Waals surface area contributed by atoms with Gasteiger partial charge in [0.05, 0.1) is 11.8 Å². The molecule has 0 aromatic heterocycles. The van der Waals surface area contributed by atoms with Crippen molar-refractivity contribution >= 4 is 56.7 Å². The second kappa shape index (κ2) is 12.8. The van der Waals surface area contributed by atoms with Crippen molar-refractivity contribution in [2.45, 2.75) is 64.5 Å². The standard InChI is InChI=1S/C34H36Cl2O6/c1-33(2,3)41-27(37)19-39-31-23(17-35)15-21-11-7-9-13-25(21)29(31)30-26-14-10-8-12-22(26)16-24(18-36)32(30)40-20-28(38)42-34(4,5)6/h7-16H,17-20H2,1-6H3. The highest BCUT2D eigenvalue weighted by Gasteiger charge is 2.26. The van der Waals surface area contributed by atoms with E-state index in [9.17, 15) is 9.59 Å². The van der Waals surface area contributed by atoms with E-state index < -0.39 is 23.1 Å². The van der Waals surface area contributed by atoms with Crippen LogP contribution >= 0.6 is 23.2 Å². The molecule has 42 heavy (non-hydrogen) atoms. The second-order valence-electron chi connectivity index (χ2n) is 11.9. The first-order chi connectivity index (χ1) is 19.8. The van der Waals surface area contributed by atoms with E-state index in [1.165, 1.54) is 0 Å². The maximum atomic E-state index is 12.7. The molecule has 4 aromatic carbocycles. The molecular weight excluding hydrogens is 575 g/mol. The van der Waals surface area contributed by atoms with Gasteiger partial charge in [0.15, 0.2) is 13.2 Å². The Labute approximate surface area is 256 Å². The molecule has 0 N–H and O–H groups in total. The van der Waals surface area contributed by atoms with Crippen molar-refractivity contribution in [3.05, 3.63) is 71.8 Å². The number of rotatable bonds is 9. The molecule has 0 heterocycles. The summed E-state index contributed by atoms with van der Waals surface area (Å²) in [6.07, 6.45) is 0. The summed E-state index contributed by atoms with van der Waals surface area (Å²) in [4.78, 5) is 25.5. The van der Waals surface area contributed by atoms with Crippen LogP contribution in [0.3, 0.4) is 0 Å². The number of carbonyl (C=O) groups excluding carboxylic acids is 2. The Hall–Kier alpha value is -3.48. The van der Waals surface area contributed by atoms with E-state index in [2.05, 4.69) is 0 Å². The highest BCUT2D eigenvalue weighted by molar-refractivity contribution is 6.19. The number of hydrogen-bond donors (Lipinski definition) is 0. The Balaban J connectivity index is 1.99. The Bertz CT molecular complexity index is 1490. The normalized spacial score (nSPS) is 11.9. The predicted octanol–water partition coefficient (Wildman–Crippen LogP) is 8.58. The van der Waals surface area contributed by atoms with Crippen molar-refractivity contribution in [2.24, 2.45) is 0 Å². The molecule has 0 radical (unpaired) electrons. The fraction of sp³-hybridized carbons (Fsp3) is 0.353. The number of esters is 2. The number of carbonyl (C=O) groups is 2. The number of halogens is 2. The molecule has 0 fully saturated rings. The average Bonchev–Trinajstić information content (AvgIpc) is 2.91. The first kappa shape index (κ1) is 31.5. The average molecular weight is 612 g/mol. The summed E-state index contributed by atoms with van der Waals surface area (Å²) in [6.45, 7) is 10.1. The molecule has 0 saturated heterocycles. The zero-order valence-electron chi connectivity index (χ0n) is 24.8. The monoisotopic (exact) mass is 610 g/mol. The van der Waals surface area contributed by atoms with E-state index in [4.69, 9.17) is 42.1 Å². The van der Waals surface area contributed by atoms with Crippen molar-refractivity contribution in [3.63, 3.8) is 0 Å². The highest BCUT2D eigenvalue weighted by atomic mass is 35.5. The molecule has 0 saturated carbocycles. The van der Waals surface area contributed by atoms with Crippen LogP contribution in [0, 0.1) is 0 Å². The number of hydrogen-bond acceptors (Lipinski definition) is 6. The van der Waals surface area contributed by atoms with Crippen LogP contribution in [0.2, 0.25) is 0 Å². The van der Waals surface area contributed by atoms with Gasteiger partial charge in [-0.25, -0.2) is 9.59 Å². The minimum absolute atomic E-state index is 0.128. The van der Waals surface area contributed by atoms with Gasteiger partial charge in [0.2, 0.25) is 0 Å². The van der Waals surface area contributed by atoms with E-state index in [-0.39, 0.29) is 25.0 Å². The highest BCUT2D eigenvalue weighted by Crippen LogP contribution is 2.49. The molecule has 4 rings (SSSR count). The summed E-state index contributed by atoms with van der Waals surface area (Å²) in [6, 6.07) is 19.6. The summed E-state index contributed by atoms with van der Waals surface area (Å²) < 4.78 is 23.5. The van der Waals surface area contributed by atoms with Crippen LogP contribution in [-0.4, -0.2) is 36.4 Å². The first-order valence-corrected chi connectivity index (χ1v) is 14.8. The number of ether oxygens (including phenoxy) is 4. The summed E-state index contributed by atoms with van der Waals surface area (Å²) in [5.41, 5.74) is 1.38. The molecule has 222 valence electrons. The topological polar surface area (TPSA) is 71.1 Å². The lowest BCUT2D eigenvalue weighted by atomic mass is 9.89. The quantitative estimate of drug-likeness (QED) is 0.140. The minimum atomic E-state index is -0.671. The van der Waals surface area contributed by atoms with Crippen molar-refractivity contribution < 1.29 is 28.5 Å². The maximum absolute atomic E-state index is 12.7. The first-order valence-electron chi connectivity index (χ1n) is 13.7. The second-order valence-corrected chi connectivity index (χ2v) is 12.5. The molecule has 6 nitrogen and oxygen atoms in total. The van der Waals surface area contributed by atoms with Crippen molar-refractivity contribution in [1.29, 1.82) is 0 Å². The van der Waals surface area contributed by atoms with Gasteiger partial charge in [-0.05, 0) is 75.2 Å². The van der Waals surface area contributed by atoms with Gasteiger partial charge in [-0.2, -0.15) is 0 Å². The van der Waals surface area contributed by atoms with Crippen LogP contribution in [0.25, 0.3) is 32.7 Å². The lowest BCUT2D eigenvalue weighted by molar-refractivity contribution is -0.158. The Morgan fingerprint density at radius 2 is 0.976 bits per heavy atom. The van der Waals surface area contributed by atoms with Gasteiger partial charge < -0.3 is 18.9 Å². The minimum Gasteiger partial charge on any atom is -0.481 e. The van der Waals surface area contributed by atoms with Gasteiger partial charge in [-0.1, -0.05) is 48.5 Å². The molecule has 4 aromatic rings. The van der Waals surface area contributed by atoms with E-state index in [0.717, 1.165) is 21.5 Å². The van der Waals surface area contributed by atoms with Crippen LogP contribution in [0.5, 0.6) is 11.5 Å². The molecule has 0 spiro atoms. The van der Waals surface area contributed by atoms with Gasteiger partial charge in [-0.3, -0.25) is 0 Å². The largest absolute Gasteiger partial charge is 0.481 e. The number of fused-ring (bicyclic) bond motifs is 2. The smallest absolute Gasteiger partial charge is 0.344 e. The van der Waals surface area contributed by atoms with E-state index in [1.54, 1.807) is 41.5 Å². The van der Waals surface area contributed by atoms with Crippen LogP contribution in [0.1, 0.15) is 52.7 Å². The van der Waals surface area contributed by atoms with Gasteiger partial charge in [0, 0.05) is 22.3 Å². The van der Waals surface area contributed by atoms with Crippen LogP contribution < -0.4 is 9.47 Å². The Kier molecular flexibility index (Phi) is 9.59. The van der Waals surface area contributed by atoms with Crippen molar-refractivity contribution in [1.82, 2.24) is 0 Å². The van der Waals surface area contributed by atoms with E-state index in [1.807, 2.05) is 60.7 Å². The molecule has 0 bridgehead atoms. The SMILES string of the molecule is CC(C)(C)OC(=O)COc1c(CCl)cc2ccccc2c1-c1c(OCC(=O)OC(C)(C)C)c(CCl)cc2ccccc12. The molecule has 0 aliphatic heterocycles. The van der Waals surface area contributed by atoms with Crippen LogP contribution in [0.15, 0.2) is 60.7 Å². The van der Waals surface area contributed by atoms with Gasteiger partial charge in [0.1, 0.15) is 22.7 Å². The summed E-state index contributed by atoms with van der Waals surface area (Å²) in [5.74, 6) is 0.0821. The summed E-state index contributed by atoms with van der Waals surface area (Å²) >= 11 is 13.0. The van der Waals surface area contributed by atoms with E-state index in [0.29, 0.717) is 33.8 Å². The molecule has 0 aliphatic carbocycles. The fourth-order valence-corrected chi connectivity index (χ4v) is 5.20. The maximum Gasteiger partial charge on any atom is 0.344 e. The van der Waals surface area contributed by atoms with Crippen molar-refractivity contribution in [3.8, 4) is 22.6 Å². The molecular formula is C34H36Cl2O6. The van der Waals surface area contributed by atoms with Crippen LogP contribution in [0.4, 0.5) is 0 Å². The zero-order valence-corrected chi connectivity index (χ0v) is 26.3. The lowest BCUT2D eigenvalue weighted by Crippen LogP contribution is -2.27. The lowest BCUT2D eigenvalue weighted by Gasteiger charge is -2.24. The molecule has 8 heteroatoms. The third-order valence-corrected chi connectivity index (χ3v) is 6.78. The van der Waals surface area contributed by atoms with Crippen molar-refractivity contribution in [2.75, 3.05) is 13.2 Å². The molecule has 0 atom stereocenters.